The first-order chi connectivity index (χ1) is 28.6. The molecule has 0 atom stereocenters. The molecule has 6 heteroatoms. The fourth-order valence-electron chi connectivity index (χ4n) is 6.72. The molecule has 3 heterocycles. The van der Waals surface area contributed by atoms with Crippen molar-refractivity contribution in [2.24, 2.45) is 0 Å². The minimum absolute atomic E-state index is 0. The third kappa shape index (κ3) is 8.16. The summed E-state index contributed by atoms with van der Waals surface area (Å²) in [5.41, 5.74) is 8.32. The summed E-state index contributed by atoms with van der Waals surface area (Å²) < 4.78 is 58.2. The number of benzene rings is 5. The molecule has 0 amide bonds. The van der Waals surface area contributed by atoms with Gasteiger partial charge in [0, 0.05) is 52.2 Å². The zero-order valence-electron chi connectivity index (χ0n) is 36.7. The molecule has 0 fully saturated rings. The molecule has 8 aromatic rings. The molecule has 9 rings (SSSR count). The molecule has 0 spiro atoms. The van der Waals surface area contributed by atoms with Crippen molar-refractivity contribution in [1.82, 2.24) is 9.97 Å². The van der Waals surface area contributed by atoms with Gasteiger partial charge in [-0.1, -0.05) is 126 Å². The summed E-state index contributed by atoms with van der Waals surface area (Å²) in [6.45, 7) is 6.59. The number of rotatable bonds is 6. The summed E-state index contributed by atoms with van der Waals surface area (Å²) in [7, 11) is -1.81. The number of hydrogen-bond donors (Lipinski definition) is 0. The van der Waals surface area contributed by atoms with Gasteiger partial charge in [0.25, 0.3) is 0 Å². The van der Waals surface area contributed by atoms with E-state index in [1.807, 2.05) is 79.0 Å². The van der Waals surface area contributed by atoms with Gasteiger partial charge in [-0.25, -0.2) is 5.26 Å². The Morgan fingerprint density at radius 2 is 1.62 bits per heavy atom. The van der Waals surface area contributed by atoms with Gasteiger partial charge in [-0.05, 0) is 82.9 Å². The fourth-order valence-corrected chi connectivity index (χ4v) is 8.12. The summed E-state index contributed by atoms with van der Waals surface area (Å²) in [4.78, 5) is 9.10. The number of aromatic nitrogens is 2. The van der Waals surface area contributed by atoms with E-state index in [9.17, 15) is 0 Å². The smallest absolute Gasteiger partial charge is 0.121 e. The first-order valence-electron chi connectivity index (χ1n) is 21.0. The molecule has 1 aliphatic rings. The van der Waals surface area contributed by atoms with Crippen LogP contribution in [0.1, 0.15) is 48.9 Å². The molecule has 4 nitrogen and oxygen atoms in total. The quantitative estimate of drug-likeness (QED) is 0.123. The first-order valence-corrected chi connectivity index (χ1v) is 21.5. The van der Waals surface area contributed by atoms with Crippen LogP contribution in [0.4, 0.5) is 0 Å². The van der Waals surface area contributed by atoms with Crippen molar-refractivity contribution in [3.8, 4) is 39.7 Å². The zero-order chi connectivity index (χ0) is 42.5. The number of fused-ring (bicyclic) bond motifs is 4. The molecule has 1 aliphatic carbocycles. The van der Waals surface area contributed by atoms with Crippen LogP contribution in [0.3, 0.4) is 0 Å². The molecule has 3 aromatic heterocycles. The maximum Gasteiger partial charge on any atom is 0.121 e. The van der Waals surface area contributed by atoms with E-state index in [0.717, 1.165) is 38.2 Å². The average molecular weight is 914 g/mol. The van der Waals surface area contributed by atoms with E-state index >= 15 is 0 Å². The predicted octanol–water partition coefficient (Wildman–Crippen LogP) is 11.5. The molecule has 1 radical (unpaired) electrons. The number of hydrogen-bond acceptors (Lipinski definition) is 4. The Kier molecular flexibility index (Phi) is 9.26. The second kappa shape index (κ2) is 16.5. The topological polar surface area (TPSA) is 62.7 Å². The maximum absolute atomic E-state index is 8.97. The summed E-state index contributed by atoms with van der Waals surface area (Å²) in [5.74, 6) is 0. The van der Waals surface area contributed by atoms with Crippen LogP contribution in [-0.2, 0) is 39.2 Å². The van der Waals surface area contributed by atoms with Gasteiger partial charge in [0.1, 0.15) is 5.58 Å². The van der Waals surface area contributed by atoms with Crippen LogP contribution in [0, 0.1) is 23.5 Å². The van der Waals surface area contributed by atoms with Gasteiger partial charge in [-0.2, -0.15) is 0 Å². The van der Waals surface area contributed by atoms with E-state index in [0.29, 0.717) is 50.4 Å². The molecule has 0 bridgehead atoms. The minimum atomic E-state index is -1.81. The standard InChI is InChI=1S/C27H20NO.C22H21N2Si.Ir/c1-2-7-18(8-3-1)20-13-14-22-23-11-6-12-24(27(23)29-25(22)17-20)26-21-10-5-4-9-19(21)15-16-28-26;1-25(2,3)22-16-24-21(19-11-9-18(15-23)10-12-19)14-20(22)13-17-7-5-4-6-8-17;/h1-3,6-8,11,13-17H,4-5,9-10H2;4-11,14,16H,13H2,1-3H3;/q2*-1;/i9D2,10D2;13D2;. The van der Waals surface area contributed by atoms with Crippen LogP contribution in [-0.4, -0.2) is 18.0 Å². The molecular formula is C49H41IrN3OSi-2. The zero-order valence-corrected chi connectivity index (χ0v) is 34.1. The Morgan fingerprint density at radius 3 is 2.36 bits per heavy atom. The van der Waals surface area contributed by atoms with Crippen LogP contribution in [0.15, 0.2) is 138 Å². The Morgan fingerprint density at radius 1 is 0.836 bits per heavy atom. The number of nitriles is 1. The van der Waals surface area contributed by atoms with Gasteiger partial charge in [-0.15, -0.1) is 48.0 Å². The Labute approximate surface area is 346 Å². The second-order valence-corrected chi connectivity index (χ2v) is 19.2. The largest absolute Gasteiger partial charge is 0.501 e. The molecule has 0 saturated heterocycles. The van der Waals surface area contributed by atoms with E-state index in [2.05, 4.69) is 66.0 Å². The molecular weight excluding hydrogens is 867 g/mol. The Balaban J connectivity index is 0.000000185. The average Bonchev–Trinajstić information content (AvgIpc) is 3.64. The molecule has 0 unspecified atom stereocenters. The van der Waals surface area contributed by atoms with Crippen molar-refractivity contribution >= 4 is 35.2 Å². The predicted molar refractivity (Wildman–Crippen MR) is 223 cm³/mol. The van der Waals surface area contributed by atoms with Crippen LogP contribution in [0.25, 0.3) is 55.6 Å². The Bertz CT molecular complexity index is 2910. The first kappa shape index (κ1) is 30.8. The van der Waals surface area contributed by atoms with Crippen LogP contribution in [0.5, 0.6) is 0 Å². The summed E-state index contributed by atoms with van der Waals surface area (Å²) in [6, 6.07) is 46.2. The van der Waals surface area contributed by atoms with Crippen molar-refractivity contribution in [1.29, 1.82) is 5.26 Å². The minimum Gasteiger partial charge on any atom is -0.501 e. The van der Waals surface area contributed by atoms with Crippen LogP contribution < -0.4 is 5.19 Å². The third-order valence-electron chi connectivity index (χ3n) is 9.45. The van der Waals surface area contributed by atoms with Crippen LogP contribution >= 0.6 is 0 Å². The second-order valence-electron chi connectivity index (χ2n) is 14.2. The van der Waals surface area contributed by atoms with Crippen molar-refractivity contribution in [3.63, 3.8) is 0 Å². The molecule has 0 aliphatic heterocycles. The number of aryl methyl sites for hydroxylation is 1. The molecule has 55 heavy (non-hydrogen) atoms. The van der Waals surface area contributed by atoms with Crippen LogP contribution in [0.2, 0.25) is 19.6 Å². The number of pyridine rings is 2. The van der Waals surface area contributed by atoms with E-state index in [4.69, 9.17) is 17.9 Å². The van der Waals surface area contributed by atoms with E-state index < -0.39 is 27.2 Å². The molecule has 0 N–H and O–H groups in total. The van der Waals surface area contributed by atoms with Crippen molar-refractivity contribution in [2.75, 3.05) is 0 Å². The van der Waals surface area contributed by atoms with E-state index in [1.54, 1.807) is 36.5 Å². The fraction of sp³-hybridized carbons (Fsp3) is 0.163. The van der Waals surface area contributed by atoms with Crippen molar-refractivity contribution < 1.29 is 32.7 Å². The van der Waals surface area contributed by atoms with Gasteiger partial charge < -0.3 is 14.4 Å². The molecule has 5 aromatic carbocycles. The number of nitrogens with zero attached hydrogens (tertiary/aromatic N) is 3. The summed E-state index contributed by atoms with van der Waals surface area (Å²) in [5, 5.41) is 11.8. The van der Waals surface area contributed by atoms with Crippen molar-refractivity contribution in [2.45, 2.75) is 51.6 Å². The Hall–Kier alpha value is -5.44. The van der Waals surface area contributed by atoms with E-state index in [1.165, 1.54) is 0 Å². The van der Waals surface area contributed by atoms with Gasteiger partial charge in [0.05, 0.1) is 13.7 Å². The maximum atomic E-state index is 8.97. The summed E-state index contributed by atoms with van der Waals surface area (Å²) >= 11 is 0. The number of furan rings is 1. The van der Waals surface area contributed by atoms with Gasteiger partial charge in [-0.3, -0.25) is 0 Å². The third-order valence-corrected chi connectivity index (χ3v) is 11.5. The normalized spacial score (nSPS) is 16.0. The molecule has 0 saturated carbocycles. The van der Waals surface area contributed by atoms with Crippen molar-refractivity contribution in [3.05, 3.63) is 174 Å². The monoisotopic (exact) mass is 914 g/mol. The SMILES string of the molecule is [2H]C([2H])(c1ccccc1)c1cc(-c2[c-]cc(C#N)cc2)ncc1[Si](C)(C)C.[2H]C1([2H])CCC([2H])([2H])c2c1ccnc2-c1[c-]ccc2c1oc1cc(-c3ccccc3)ccc12.[Ir]. The summed E-state index contributed by atoms with van der Waals surface area (Å²) in [6.07, 6.45) is -1.31. The van der Waals surface area contributed by atoms with Gasteiger partial charge in [0.15, 0.2) is 0 Å². The molecule has 273 valence electrons. The van der Waals surface area contributed by atoms with Gasteiger partial charge >= 0.3 is 0 Å². The van der Waals surface area contributed by atoms with Gasteiger partial charge in [0.2, 0.25) is 0 Å². The van der Waals surface area contributed by atoms with E-state index in [-0.39, 0.29) is 32.9 Å².